The first-order valence-corrected chi connectivity index (χ1v) is 13.0. The molecule has 0 aliphatic carbocycles. The minimum absolute atomic E-state index is 0.0854. The third kappa shape index (κ3) is 5.28. The Kier molecular flexibility index (Phi) is 7.87. The number of aryl methyl sites for hydroxylation is 1. The van der Waals surface area contributed by atoms with Crippen molar-refractivity contribution in [3.8, 4) is 5.75 Å². The second-order valence-electron chi connectivity index (χ2n) is 8.55. The lowest BCUT2D eigenvalue weighted by atomic mass is 9.80. The first-order chi connectivity index (χ1) is 15.2. The van der Waals surface area contributed by atoms with Gasteiger partial charge in [-0.25, -0.2) is 13.9 Å². The van der Waals surface area contributed by atoms with Crippen molar-refractivity contribution in [1.29, 1.82) is 0 Å². The lowest BCUT2D eigenvalue weighted by Crippen LogP contribution is -2.48. The lowest BCUT2D eigenvalue weighted by Gasteiger charge is -2.28. The van der Waals surface area contributed by atoms with Crippen molar-refractivity contribution in [2.75, 3.05) is 25.2 Å². The van der Waals surface area contributed by atoms with Crippen LogP contribution in [0, 0.1) is 11.3 Å². The summed E-state index contributed by atoms with van der Waals surface area (Å²) in [5.41, 5.74) is 2.48. The van der Waals surface area contributed by atoms with Crippen molar-refractivity contribution >= 4 is 27.7 Å². The Labute approximate surface area is 194 Å². The Morgan fingerprint density at radius 2 is 1.84 bits per heavy atom. The number of carbonyl (C=O) groups excluding carboxylic acids is 1. The van der Waals surface area contributed by atoms with Crippen molar-refractivity contribution in [2.45, 2.75) is 31.2 Å². The zero-order valence-electron chi connectivity index (χ0n) is 18.5. The molecule has 0 spiro atoms. The summed E-state index contributed by atoms with van der Waals surface area (Å²) in [7, 11) is -2.44. The van der Waals surface area contributed by atoms with Crippen molar-refractivity contribution in [3.63, 3.8) is 0 Å². The van der Waals surface area contributed by atoms with E-state index in [1.54, 1.807) is 29.4 Å². The van der Waals surface area contributed by atoms with Gasteiger partial charge in [-0.3, -0.25) is 10.0 Å². The Morgan fingerprint density at radius 1 is 1.19 bits per heavy atom. The topological polar surface area (TPSA) is 95.9 Å². The van der Waals surface area contributed by atoms with Gasteiger partial charge in [0.2, 0.25) is 10.0 Å². The molecule has 1 saturated heterocycles. The smallest absolute Gasteiger partial charge is 0.262 e. The van der Waals surface area contributed by atoms with Crippen LogP contribution < -0.4 is 10.2 Å². The second-order valence-corrected chi connectivity index (χ2v) is 11.6. The molecule has 0 unspecified atom stereocenters. The summed E-state index contributed by atoms with van der Waals surface area (Å²) in [6, 6.07) is 15.2. The summed E-state index contributed by atoms with van der Waals surface area (Å²) < 4.78 is 33.2. The van der Waals surface area contributed by atoms with Gasteiger partial charge in [-0.15, -0.1) is 0 Å². The molecule has 9 heteroatoms. The first-order valence-electron chi connectivity index (χ1n) is 10.4. The highest BCUT2D eigenvalue weighted by Crippen LogP contribution is 2.44. The molecule has 1 amide bonds. The van der Waals surface area contributed by atoms with E-state index in [0.717, 1.165) is 12.2 Å². The average Bonchev–Trinajstić information content (AvgIpc) is 3.08. The molecule has 0 bridgehead atoms. The van der Waals surface area contributed by atoms with Crippen LogP contribution in [0.2, 0.25) is 0 Å². The van der Waals surface area contributed by atoms with E-state index in [1.807, 2.05) is 32.0 Å². The number of hydrogen-bond acceptors (Lipinski definition) is 6. The molecule has 1 heterocycles. The number of hydrogen-bond donors (Lipinski definition) is 2. The molecule has 1 fully saturated rings. The van der Waals surface area contributed by atoms with Crippen LogP contribution in [0.4, 0.5) is 0 Å². The van der Waals surface area contributed by atoms with Crippen molar-refractivity contribution in [2.24, 2.45) is 11.3 Å². The molecular formula is C23H30N2O5S2. The fraction of sp³-hybridized carbons (Fsp3) is 0.435. The number of amides is 1. The molecule has 2 N–H and O–H groups in total. The molecule has 0 radical (unpaired) electrons. The number of hydroxylamine groups is 1. The van der Waals surface area contributed by atoms with Gasteiger partial charge < -0.3 is 4.74 Å². The zero-order chi connectivity index (χ0) is 23.4. The molecule has 2 aromatic rings. The van der Waals surface area contributed by atoms with Crippen molar-refractivity contribution in [1.82, 2.24) is 9.79 Å². The lowest BCUT2D eigenvalue weighted by molar-refractivity contribution is -0.133. The van der Waals surface area contributed by atoms with E-state index in [1.165, 1.54) is 29.1 Å². The Morgan fingerprint density at radius 3 is 2.44 bits per heavy atom. The van der Waals surface area contributed by atoms with Crippen molar-refractivity contribution < 1.29 is 23.2 Å². The van der Waals surface area contributed by atoms with Crippen LogP contribution in [0.3, 0.4) is 0 Å². The number of nitrogens with one attached hydrogen (secondary N) is 1. The fourth-order valence-electron chi connectivity index (χ4n) is 4.10. The SMILES string of the molecule is COc1ccc(S(=O)(=O)N2CC(C)(C)[C@@H](CSCCc3ccccc3)[C@@H]2C(=O)NO)cc1. The molecule has 1 aliphatic rings. The number of methoxy groups -OCH3 is 1. The first kappa shape index (κ1) is 24.6. The molecule has 7 nitrogen and oxygen atoms in total. The van der Waals surface area contributed by atoms with E-state index < -0.39 is 27.4 Å². The number of thioether (sulfide) groups is 1. The number of nitrogens with zero attached hydrogens (tertiary/aromatic N) is 1. The number of benzene rings is 2. The van der Waals surface area contributed by atoms with E-state index in [-0.39, 0.29) is 17.4 Å². The number of rotatable bonds is 9. The van der Waals surface area contributed by atoms with E-state index >= 15 is 0 Å². The van der Waals surface area contributed by atoms with Crippen LogP contribution in [0.5, 0.6) is 5.75 Å². The maximum absolute atomic E-state index is 13.4. The van der Waals surface area contributed by atoms with Crippen molar-refractivity contribution in [3.05, 3.63) is 60.2 Å². The van der Waals surface area contributed by atoms with E-state index in [2.05, 4.69) is 12.1 Å². The quantitative estimate of drug-likeness (QED) is 0.326. The third-order valence-electron chi connectivity index (χ3n) is 5.98. The number of ether oxygens (including phenoxy) is 1. The summed E-state index contributed by atoms with van der Waals surface area (Å²) >= 11 is 1.69. The van der Waals surface area contributed by atoms with Gasteiger partial charge >= 0.3 is 0 Å². The zero-order valence-corrected chi connectivity index (χ0v) is 20.2. The molecule has 3 rings (SSSR count). The average molecular weight is 479 g/mol. The molecule has 174 valence electrons. The summed E-state index contributed by atoms with van der Waals surface area (Å²) in [6.45, 7) is 4.12. The minimum atomic E-state index is -3.95. The van der Waals surface area contributed by atoms with E-state index in [0.29, 0.717) is 11.5 Å². The van der Waals surface area contributed by atoms with Gasteiger partial charge in [0, 0.05) is 6.54 Å². The van der Waals surface area contributed by atoms with Gasteiger partial charge in [-0.2, -0.15) is 16.1 Å². The van der Waals surface area contributed by atoms with Gasteiger partial charge in [0.15, 0.2) is 0 Å². The summed E-state index contributed by atoms with van der Waals surface area (Å²) in [5, 5.41) is 9.38. The molecule has 1 aliphatic heterocycles. The summed E-state index contributed by atoms with van der Waals surface area (Å²) in [6.07, 6.45) is 0.892. The van der Waals surface area contributed by atoms with E-state index in [9.17, 15) is 18.4 Å². The maximum Gasteiger partial charge on any atom is 0.262 e. The highest BCUT2D eigenvalue weighted by atomic mass is 32.2. The third-order valence-corrected chi connectivity index (χ3v) is 8.91. The van der Waals surface area contributed by atoms with Crippen LogP contribution in [-0.4, -0.2) is 55.0 Å². The fourth-order valence-corrected chi connectivity index (χ4v) is 7.33. The van der Waals surface area contributed by atoms with Gasteiger partial charge in [-0.1, -0.05) is 44.2 Å². The maximum atomic E-state index is 13.4. The van der Waals surface area contributed by atoms with Gasteiger partial charge in [0.25, 0.3) is 5.91 Å². The molecule has 2 aromatic carbocycles. The van der Waals surface area contributed by atoms with Crippen LogP contribution >= 0.6 is 11.8 Å². The molecule has 0 saturated carbocycles. The highest BCUT2D eigenvalue weighted by Gasteiger charge is 2.54. The van der Waals surface area contributed by atoms with Crippen LogP contribution in [0.15, 0.2) is 59.5 Å². The predicted molar refractivity (Wildman–Crippen MR) is 125 cm³/mol. The van der Waals surface area contributed by atoms with Gasteiger partial charge in [-0.05, 0) is 59.1 Å². The Hall–Kier alpha value is -2.07. The Balaban J connectivity index is 1.80. The number of carbonyl (C=O) groups is 1. The summed E-state index contributed by atoms with van der Waals surface area (Å²) in [5.74, 6) is 1.04. The molecule has 0 aromatic heterocycles. The number of sulfonamides is 1. The summed E-state index contributed by atoms with van der Waals surface area (Å²) in [4.78, 5) is 12.7. The largest absolute Gasteiger partial charge is 0.497 e. The predicted octanol–water partition coefficient (Wildman–Crippen LogP) is 3.19. The minimum Gasteiger partial charge on any atom is -0.497 e. The highest BCUT2D eigenvalue weighted by molar-refractivity contribution is 7.99. The van der Waals surface area contributed by atoms with Gasteiger partial charge in [0.1, 0.15) is 11.8 Å². The monoisotopic (exact) mass is 478 g/mol. The van der Waals surface area contributed by atoms with Crippen LogP contribution in [-0.2, 0) is 21.2 Å². The van der Waals surface area contributed by atoms with Crippen LogP contribution in [0.25, 0.3) is 0 Å². The van der Waals surface area contributed by atoms with Crippen LogP contribution in [0.1, 0.15) is 19.4 Å². The molecular weight excluding hydrogens is 448 g/mol. The molecule has 32 heavy (non-hydrogen) atoms. The Bertz CT molecular complexity index is 1010. The van der Waals surface area contributed by atoms with Gasteiger partial charge in [0.05, 0.1) is 12.0 Å². The normalized spacial score (nSPS) is 20.8. The second kappa shape index (κ2) is 10.2. The standard InChI is InChI=1S/C23H30N2O5S2/c1-23(2)16-25(32(28,29)19-11-9-18(30-3)10-12-19)21(22(26)24-27)20(23)15-31-14-13-17-7-5-4-6-8-17/h4-12,20-21,27H,13-16H2,1-3H3,(H,24,26)/t20-,21+/m0/s1. The molecule has 2 atom stereocenters. The van der Waals surface area contributed by atoms with E-state index in [4.69, 9.17) is 4.74 Å².